The summed E-state index contributed by atoms with van der Waals surface area (Å²) in [4.78, 5) is 36.7. The van der Waals surface area contributed by atoms with Crippen molar-refractivity contribution in [2.24, 2.45) is 5.92 Å². The SMILES string of the molecule is CCC(C)Cc1c(C)sc2nc(SCC(=O)N3CCCCC3C)[nH]c(=O)c12. The Labute approximate surface area is 169 Å². The van der Waals surface area contributed by atoms with Crippen LogP contribution in [0.5, 0.6) is 0 Å². The minimum Gasteiger partial charge on any atom is -0.339 e. The summed E-state index contributed by atoms with van der Waals surface area (Å²) in [7, 11) is 0. The molecule has 0 aliphatic carbocycles. The van der Waals surface area contributed by atoms with E-state index in [1.165, 1.54) is 23.1 Å². The van der Waals surface area contributed by atoms with Gasteiger partial charge in [-0.3, -0.25) is 9.59 Å². The third-order valence-electron chi connectivity index (χ3n) is 5.55. The average Bonchev–Trinajstić information content (AvgIpc) is 2.95. The molecule has 3 rings (SSSR count). The van der Waals surface area contributed by atoms with E-state index in [4.69, 9.17) is 0 Å². The number of thioether (sulfide) groups is 1. The van der Waals surface area contributed by atoms with Crippen LogP contribution in [-0.2, 0) is 11.2 Å². The number of amides is 1. The van der Waals surface area contributed by atoms with E-state index in [1.54, 1.807) is 11.3 Å². The Morgan fingerprint density at radius 3 is 2.93 bits per heavy atom. The number of nitrogens with one attached hydrogen (secondary N) is 1. The second-order valence-corrected chi connectivity index (χ2v) is 9.79. The van der Waals surface area contributed by atoms with Crippen molar-refractivity contribution in [1.82, 2.24) is 14.9 Å². The molecule has 1 saturated heterocycles. The number of nitrogens with zero attached hydrogens (tertiary/aromatic N) is 2. The minimum absolute atomic E-state index is 0.0797. The van der Waals surface area contributed by atoms with Crippen molar-refractivity contribution in [3.63, 3.8) is 0 Å². The van der Waals surface area contributed by atoms with Crippen molar-refractivity contribution < 1.29 is 4.79 Å². The van der Waals surface area contributed by atoms with Gasteiger partial charge in [-0.25, -0.2) is 4.98 Å². The molecular formula is C20H29N3O2S2. The van der Waals surface area contributed by atoms with Crippen LogP contribution in [0.3, 0.4) is 0 Å². The van der Waals surface area contributed by atoms with Gasteiger partial charge in [0.15, 0.2) is 5.16 Å². The highest BCUT2D eigenvalue weighted by Gasteiger charge is 2.23. The molecule has 0 bridgehead atoms. The number of hydrogen-bond acceptors (Lipinski definition) is 5. The number of H-pyrrole nitrogens is 1. The van der Waals surface area contributed by atoms with Crippen molar-refractivity contribution in [3.05, 3.63) is 20.8 Å². The van der Waals surface area contributed by atoms with Gasteiger partial charge in [0.1, 0.15) is 4.83 Å². The maximum Gasteiger partial charge on any atom is 0.260 e. The zero-order valence-corrected chi connectivity index (χ0v) is 18.3. The molecule has 1 amide bonds. The predicted octanol–water partition coefficient (Wildman–Crippen LogP) is 4.37. The Balaban J connectivity index is 1.76. The zero-order chi connectivity index (χ0) is 19.6. The molecule has 5 nitrogen and oxygen atoms in total. The second-order valence-electron chi connectivity index (χ2n) is 7.63. The lowest BCUT2D eigenvalue weighted by Gasteiger charge is -2.33. The molecule has 0 aromatic carbocycles. The summed E-state index contributed by atoms with van der Waals surface area (Å²) in [5.41, 5.74) is 1.05. The highest BCUT2D eigenvalue weighted by molar-refractivity contribution is 7.99. The van der Waals surface area contributed by atoms with Crippen LogP contribution in [0.15, 0.2) is 9.95 Å². The lowest BCUT2D eigenvalue weighted by atomic mass is 9.98. The lowest BCUT2D eigenvalue weighted by Crippen LogP contribution is -2.43. The monoisotopic (exact) mass is 407 g/mol. The van der Waals surface area contributed by atoms with Gasteiger partial charge in [0.2, 0.25) is 5.91 Å². The number of carbonyl (C=O) groups excluding carboxylic acids is 1. The van der Waals surface area contributed by atoms with Gasteiger partial charge in [0.25, 0.3) is 5.56 Å². The summed E-state index contributed by atoms with van der Waals surface area (Å²) in [5, 5.41) is 1.28. The number of piperidine rings is 1. The summed E-state index contributed by atoms with van der Waals surface area (Å²) in [6.45, 7) is 9.40. The maximum atomic E-state index is 12.7. The molecule has 0 radical (unpaired) electrons. The van der Waals surface area contributed by atoms with E-state index in [0.717, 1.165) is 48.0 Å². The maximum absolute atomic E-state index is 12.7. The average molecular weight is 408 g/mol. The van der Waals surface area contributed by atoms with Crippen molar-refractivity contribution in [1.29, 1.82) is 0 Å². The topological polar surface area (TPSA) is 66.1 Å². The molecule has 148 valence electrons. The number of rotatable bonds is 6. The first-order valence-corrected chi connectivity index (χ1v) is 11.7. The molecule has 27 heavy (non-hydrogen) atoms. The van der Waals surface area contributed by atoms with E-state index < -0.39 is 0 Å². The quantitative estimate of drug-likeness (QED) is 0.570. The fourth-order valence-electron chi connectivity index (χ4n) is 3.64. The van der Waals surface area contributed by atoms with Crippen LogP contribution in [0, 0.1) is 12.8 Å². The van der Waals surface area contributed by atoms with Crippen molar-refractivity contribution in [3.8, 4) is 0 Å². The largest absolute Gasteiger partial charge is 0.339 e. The van der Waals surface area contributed by atoms with Gasteiger partial charge in [-0.15, -0.1) is 11.3 Å². The number of thiophene rings is 1. The van der Waals surface area contributed by atoms with E-state index >= 15 is 0 Å². The number of aromatic amines is 1. The van der Waals surface area contributed by atoms with Crippen LogP contribution in [0.1, 0.15) is 56.9 Å². The van der Waals surface area contributed by atoms with Crippen molar-refractivity contribution in [2.75, 3.05) is 12.3 Å². The van der Waals surface area contributed by atoms with E-state index in [-0.39, 0.29) is 11.5 Å². The Kier molecular flexibility index (Phi) is 6.63. The third-order valence-corrected chi connectivity index (χ3v) is 7.45. The summed E-state index contributed by atoms with van der Waals surface area (Å²) in [6.07, 6.45) is 5.35. The summed E-state index contributed by atoms with van der Waals surface area (Å²) >= 11 is 2.92. The van der Waals surface area contributed by atoms with Crippen LogP contribution in [0.25, 0.3) is 10.2 Å². The summed E-state index contributed by atoms with van der Waals surface area (Å²) < 4.78 is 0. The third kappa shape index (κ3) is 4.57. The molecule has 2 unspecified atom stereocenters. The Morgan fingerprint density at radius 1 is 1.44 bits per heavy atom. The Hall–Kier alpha value is -1.34. The molecule has 2 atom stereocenters. The van der Waals surface area contributed by atoms with Crippen LogP contribution in [-0.4, -0.2) is 39.1 Å². The van der Waals surface area contributed by atoms with Gasteiger partial charge < -0.3 is 9.88 Å². The van der Waals surface area contributed by atoms with Gasteiger partial charge in [-0.2, -0.15) is 0 Å². The van der Waals surface area contributed by atoms with E-state index in [9.17, 15) is 9.59 Å². The van der Waals surface area contributed by atoms with Crippen LogP contribution >= 0.6 is 23.1 Å². The lowest BCUT2D eigenvalue weighted by molar-refractivity contribution is -0.131. The number of likely N-dealkylation sites (tertiary alicyclic amines) is 1. The fourth-order valence-corrected chi connectivity index (χ4v) is 5.50. The number of aromatic nitrogens is 2. The van der Waals surface area contributed by atoms with Crippen molar-refractivity contribution in [2.45, 2.75) is 71.0 Å². The van der Waals surface area contributed by atoms with E-state index in [1.807, 2.05) is 4.90 Å². The molecular weight excluding hydrogens is 378 g/mol. The van der Waals surface area contributed by atoms with Crippen LogP contribution in [0.4, 0.5) is 0 Å². The first kappa shape index (κ1) is 20.4. The number of fused-ring (bicyclic) bond motifs is 1. The molecule has 1 fully saturated rings. The highest BCUT2D eigenvalue weighted by atomic mass is 32.2. The standard InChI is InChI=1S/C20H29N3O2S2/c1-5-12(2)10-15-14(4)27-19-17(15)18(25)21-20(22-19)26-11-16(24)23-9-7-6-8-13(23)3/h12-13H,5-11H2,1-4H3,(H,21,22,25). The van der Waals surface area contributed by atoms with Gasteiger partial charge in [0.05, 0.1) is 11.1 Å². The molecule has 0 saturated carbocycles. The minimum atomic E-state index is -0.0797. The Bertz CT molecular complexity index is 874. The first-order valence-electron chi connectivity index (χ1n) is 9.85. The zero-order valence-electron chi connectivity index (χ0n) is 16.6. The predicted molar refractivity (Wildman–Crippen MR) is 114 cm³/mol. The smallest absolute Gasteiger partial charge is 0.260 e. The first-order chi connectivity index (χ1) is 12.9. The van der Waals surface area contributed by atoms with Crippen LogP contribution in [0.2, 0.25) is 0 Å². The van der Waals surface area contributed by atoms with Gasteiger partial charge in [-0.1, -0.05) is 32.0 Å². The molecule has 1 aliphatic heterocycles. The van der Waals surface area contributed by atoms with Gasteiger partial charge in [-0.05, 0) is 51.0 Å². The molecule has 2 aromatic heterocycles. The van der Waals surface area contributed by atoms with E-state index in [0.29, 0.717) is 22.9 Å². The second kappa shape index (κ2) is 8.78. The molecule has 0 spiro atoms. The molecule has 3 heterocycles. The van der Waals surface area contributed by atoms with Crippen molar-refractivity contribution >= 4 is 39.2 Å². The summed E-state index contributed by atoms with van der Waals surface area (Å²) in [5.74, 6) is 0.997. The van der Waals surface area contributed by atoms with E-state index in [2.05, 4.69) is 37.7 Å². The summed E-state index contributed by atoms with van der Waals surface area (Å²) in [6, 6.07) is 0.310. The molecule has 1 aliphatic rings. The highest BCUT2D eigenvalue weighted by Crippen LogP contribution is 2.30. The molecule has 1 N–H and O–H groups in total. The molecule has 2 aromatic rings. The number of aryl methyl sites for hydroxylation is 1. The normalized spacial score (nSPS) is 18.8. The number of carbonyl (C=O) groups is 1. The van der Waals surface area contributed by atoms with Gasteiger partial charge in [0, 0.05) is 17.5 Å². The van der Waals surface area contributed by atoms with Crippen LogP contribution < -0.4 is 5.56 Å². The van der Waals surface area contributed by atoms with Gasteiger partial charge >= 0.3 is 0 Å². The number of hydrogen-bond donors (Lipinski definition) is 1. The molecule has 7 heteroatoms. The fraction of sp³-hybridized carbons (Fsp3) is 0.650. The Morgan fingerprint density at radius 2 is 2.22 bits per heavy atom.